The molecule has 1 N–H and O–H groups in total. The van der Waals surface area contributed by atoms with Crippen molar-refractivity contribution in [2.24, 2.45) is 0 Å². The van der Waals surface area contributed by atoms with Crippen molar-refractivity contribution in [3.8, 4) is 5.75 Å². The third kappa shape index (κ3) is 5.15. The predicted octanol–water partition coefficient (Wildman–Crippen LogP) is 2.80. The van der Waals surface area contributed by atoms with Crippen LogP contribution in [0.2, 0.25) is 5.02 Å². The van der Waals surface area contributed by atoms with Crippen molar-refractivity contribution in [1.29, 1.82) is 0 Å². The Balaban J connectivity index is 1.34. The van der Waals surface area contributed by atoms with E-state index in [1.165, 1.54) is 18.1 Å². The van der Waals surface area contributed by atoms with E-state index < -0.39 is 0 Å². The van der Waals surface area contributed by atoms with Gasteiger partial charge in [0, 0.05) is 11.6 Å². The molecule has 0 radical (unpaired) electrons. The number of nitrogens with zero attached hydrogens (tertiary/aromatic N) is 4. The number of nitrogens with one attached hydrogen (secondary N) is 1. The minimum atomic E-state index is -0.259. The highest BCUT2D eigenvalue weighted by atomic mass is 35.5. The maximum Gasteiger partial charge on any atom is 0.264 e. The lowest BCUT2D eigenvalue weighted by Gasteiger charge is -2.09. The highest BCUT2D eigenvalue weighted by Gasteiger charge is 2.11. The van der Waals surface area contributed by atoms with E-state index in [1.807, 2.05) is 31.2 Å². The summed E-state index contributed by atoms with van der Waals surface area (Å²) in [6.45, 7) is 3.06. The van der Waals surface area contributed by atoms with Gasteiger partial charge in [-0.25, -0.2) is 9.67 Å². The first-order chi connectivity index (χ1) is 15.5. The smallest absolute Gasteiger partial charge is 0.264 e. The summed E-state index contributed by atoms with van der Waals surface area (Å²) in [4.78, 5) is 29.2. The van der Waals surface area contributed by atoms with Crippen LogP contribution in [-0.4, -0.2) is 38.4 Å². The van der Waals surface area contributed by atoms with E-state index in [9.17, 15) is 9.59 Å². The molecule has 0 aliphatic heterocycles. The minimum Gasteiger partial charge on any atom is -0.484 e. The zero-order valence-corrected chi connectivity index (χ0v) is 18.2. The molecular weight excluding hydrogens is 430 g/mol. The van der Waals surface area contributed by atoms with Gasteiger partial charge in [0.15, 0.2) is 12.3 Å². The van der Waals surface area contributed by atoms with Gasteiger partial charge in [-0.05, 0) is 36.8 Å². The zero-order valence-electron chi connectivity index (χ0n) is 17.5. The first kappa shape index (κ1) is 21.6. The Morgan fingerprint density at radius 2 is 1.88 bits per heavy atom. The normalized spacial score (nSPS) is 10.9. The molecule has 2 aromatic heterocycles. The SMILES string of the molecule is Cc1ccc(Cn2cnc3c(cnn3CCNC(=O)COc3ccc(Cl)cc3)c2=O)cc1. The van der Waals surface area contributed by atoms with Crippen LogP contribution in [0.5, 0.6) is 5.75 Å². The van der Waals surface area contributed by atoms with Crippen molar-refractivity contribution in [2.75, 3.05) is 13.2 Å². The monoisotopic (exact) mass is 451 g/mol. The van der Waals surface area contributed by atoms with Crippen LogP contribution in [0.3, 0.4) is 0 Å². The van der Waals surface area contributed by atoms with Crippen molar-refractivity contribution in [3.05, 3.63) is 87.6 Å². The Kier molecular flexibility index (Phi) is 6.51. The Hall–Kier alpha value is -3.65. The van der Waals surface area contributed by atoms with Gasteiger partial charge in [-0.3, -0.25) is 14.2 Å². The van der Waals surface area contributed by atoms with E-state index in [4.69, 9.17) is 16.3 Å². The Morgan fingerprint density at radius 3 is 2.62 bits per heavy atom. The van der Waals surface area contributed by atoms with Crippen LogP contribution in [0.15, 0.2) is 65.8 Å². The summed E-state index contributed by atoms with van der Waals surface area (Å²) >= 11 is 5.82. The number of ether oxygens (including phenoxy) is 1. The van der Waals surface area contributed by atoms with Crippen LogP contribution in [0.25, 0.3) is 11.0 Å². The summed E-state index contributed by atoms with van der Waals surface area (Å²) in [7, 11) is 0. The number of amides is 1. The summed E-state index contributed by atoms with van der Waals surface area (Å²) in [6.07, 6.45) is 3.04. The van der Waals surface area contributed by atoms with Crippen LogP contribution in [0.1, 0.15) is 11.1 Å². The fourth-order valence-electron chi connectivity index (χ4n) is 3.20. The number of hydrogen-bond acceptors (Lipinski definition) is 5. The van der Waals surface area contributed by atoms with Crippen molar-refractivity contribution in [2.45, 2.75) is 20.0 Å². The molecule has 32 heavy (non-hydrogen) atoms. The molecule has 0 fully saturated rings. The molecule has 0 saturated carbocycles. The first-order valence-corrected chi connectivity index (χ1v) is 10.5. The predicted molar refractivity (Wildman–Crippen MR) is 122 cm³/mol. The molecule has 4 aromatic rings. The van der Waals surface area contributed by atoms with Gasteiger partial charge in [-0.2, -0.15) is 5.10 Å². The number of halogens is 1. The average Bonchev–Trinajstić information content (AvgIpc) is 3.20. The average molecular weight is 452 g/mol. The molecule has 0 unspecified atom stereocenters. The molecule has 1 amide bonds. The van der Waals surface area contributed by atoms with Gasteiger partial charge in [0.25, 0.3) is 11.5 Å². The van der Waals surface area contributed by atoms with Crippen molar-refractivity contribution < 1.29 is 9.53 Å². The number of carbonyl (C=O) groups is 1. The molecule has 0 aliphatic rings. The number of aromatic nitrogens is 4. The number of carbonyl (C=O) groups excluding carboxylic acids is 1. The van der Waals surface area contributed by atoms with E-state index in [0.29, 0.717) is 41.4 Å². The van der Waals surface area contributed by atoms with Gasteiger partial charge in [0.2, 0.25) is 0 Å². The Labute approximate surface area is 189 Å². The maximum absolute atomic E-state index is 12.8. The van der Waals surface area contributed by atoms with Crippen LogP contribution in [0, 0.1) is 6.92 Å². The molecule has 2 aromatic carbocycles. The third-order valence-electron chi connectivity index (χ3n) is 4.93. The quantitative estimate of drug-likeness (QED) is 0.445. The summed E-state index contributed by atoms with van der Waals surface area (Å²) in [5, 5.41) is 8.07. The number of aryl methyl sites for hydroxylation is 1. The number of fused-ring (bicyclic) bond motifs is 1. The standard InChI is InChI=1S/C23H22ClN5O3/c1-16-2-4-17(5-3-16)13-28-15-26-22-20(23(28)31)12-27-29(22)11-10-25-21(30)14-32-19-8-6-18(24)7-9-19/h2-9,12,15H,10-11,13-14H2,1H3,(H,25,30). The highest BCUT2D eigenvalue weighted by molar-refractivity contribution is 6.30. The highest BCUT2D eigenvalue weighted by Crippen LogP contribution is 2.15. The van der Waals surface area contributed by atoms with Gasteiger partial charge >= 0.3 is 0 Å². The molecular formula is C23H22ClN5O3. The lowest BCUT2D eigenvalue weighted by atomic mass is 10.1. The molecule has 0 saturated heterocycles. The number of benzene rings is 2. The molecule has 0 atom stereocenters. The second-order valence-electron chi connectivity index (χ2n) is 7.36. The van der Waals surface area contributed by atoms with Gasteiger partial charge in [-0.1, -0.05) is 41.4 Å². The summed E-state index contributed by atoms with van der Waals surface area (Å²) < 4.78 is 8.58. The van der Waals surface area contributed by atoms with Gasteiger partial charge in [-0.15, -0.1) is 0 Å². The lowest BCUT2D eigenvalue weighted by Crippen LogP contribution is -2.31. The molecule has 8 nitrogen and oxygen atoms in total. The van der Waals surface area contributed by atoms with Gasteiger partial charge in [0.05, 0.1) is 19.3 Å². The van der Waals surface area contributed by atoms with E-state index >= 15 is 0 Å². The Bertz CT molecular complexity index is 1280. The molecule has 4 rings (SSSR count). The lowest BCUT2D eigenvalue weighted by molar-refractivity contribution is -0.123. The van der Waals surface area contributed by atoms with Crippen LogP contribution in [-0.2, 0) is 17.9 Å². The van der Waals surface area contributed by atoms with Crippen LogP contribution in [0.4, 0.5) is 0 Å². The number of hydrogen-bond donors (Lipinski definition) is 1. The summed E-state index contributed by atoms with van der Waals surface area (Å²) in [5.74, 6) is 0.304. The third-order valence-corrected chi connectivity index (χ3v) is 5.18. The topological polar surface area (TPSA) is 91.0 Å². The fourth-order valence-corrected chi connectivity index (χ4v) is 3.32. The van der Waals surface area contributed by atoms with Gasteiger partial charge < -0.3 is 10.1 Å². The van der Waals surface area contributed by atoms with Gasteiger partial charge in [0.1, 0.15) is 17.5 Å². The molecule has 9 heteroatoms. The largest absolute Gasteiger partial charge is 0.484 e. The minimum absolute atomic E-state index is 0.108. The van der Waals surface area contributed by atoms with Crippen LogP contribution < -0.4 is 15.6 Å². The maximum atomic E-state index is 12.8. The Morgan fingerprint density at radius 1 is 1.12 bits per heavy atom. The second-order valence-corrected chi connectivity index (χ2v) is 7.80. The summed E-state index contributed by atoms with van der Waals surface area (Å²) in [5.41, 5.74) is 2.53. The molecule has 2 heterocycles. The molecule has 0 bridgehead atoms. The van der Waals surface area contributed by atoms with E-state index in [2.05, 4.69) is 15.4 Å². The molecule has 0 aliphatic carbocycles. The summed E-state index contributed by atoms with van der Waals surface area (Å²) in [6, 6.07) is 14.8. The fraction of sp³-hybridized carbons (Fsp3) is 0.217. The first-order valence-electron chi connectivity index (χ1n) is 10.1. The van der Waals surface area contributed by atoms with Crippen molar-refractivity contribution in [1.82, 2.24) is 24.6 Å². The van der Waals surface area contributed by atoms with Crippen molar-refractivity contribution in [3.63, 3.8) is 0 Å². The van der Waals surface area contributed by atoms with E-state index in [-0.39, 0.29) is 18.1 Å². The van der Waals surface area contributed by atoms with E-state index in [1.54, 1.807) is 33.5 Å². The van der Waals surface area contributed by atoms with Crippen molar-refractivity contribution >= 4 is 28.5 Å². The van der Waals surface area contributed by atoms with Crippen LogP contribution >= 0.6 is 11.6 Å². The second kappa shape index (κ2) is 9.65. The number of rotatable bonds is 8. The van der Waals surface area contributed by atoms with E-state index in [0.717, 1.165) is 5.56 Å². The zero-order chi connectivity index (χ0) is 22.5. The molecule has 0 spiro atoms. The molecule has 164 valence electrons.